The number of hydrogen-bond acceptors (Lipinski definition) is 4. The second kappa shape index (κ2) is 6.12. The largest absolute Gasteiger partial charge is 0.480 e. The van der Waals surface area contributed by atoms with Gasteiger partial charge in [-0.25, -0.2) is 4.79 Å². The van der Waals surface area contributed by atoms with Gasteiger partial charge in [0.25, 0.3) is 11.5 Å². The SMILES string of the molecule is O=C(O)C1CCCCN1C(=O)c1ccc(-c2ccco2)[nH]c1=O. The van der Waals surface area contributed by atoms with Gasteiger partial charge in [-0.15, -0.1) is 0 Å². The van der Waals surface area contributed by atoms with Gasteiger partial charge in [0.05, 0.1) is 12.0 Å². The molecule has 0 aromatic carbocycles. The summed E-state index contributed by atoms with van der Waals surface area (Å²) >= 11 is 0. The number of hydrogen-bond donors (Lipinski definition) is 2. The van der Waals surface area contributed by atoms with Crippen molar-refractivity contribution >= 4 is 11.9 Å². The number of furan rings is 1. The molecular formula is C16H16N2O5. The van der Waals surface area contributed by atoms with Crippen molar-refractivity contribution < 1.29 is 19.1 Å². The Kier molecular flexibility index (Phi) is 4.01. The van der Waals surface area contributed by atoms with E-state index in [2.05, 4.69) is 4.98 Å². The number of nitrogens with zero attached hydrogens (tertiary/aromatic N) is 1. The Morgan fingerprint density at radius 3 is 2.74 bits per heavy atom. The number of carboxylic acid groups (broad SMARTS) is 1. The summed E-state index contributed by atoms with van der Waals surface area (Å²) in [5.74, 6) is -1.10. The molecular weight excluding hydrogens is 300 g/mol. The van der Waals surface area contributed by atoms with Crippen LogP contribution in [0.2, 0.25) is 0 Å². The lowest BCUT2D eigenvalue weighted by Crippen LogP contribution is -2.49. The summed E-state index contributed by atoms with van der Waals surface area (Å²) < 4.78 is 5.20. The number of carbonyl (C=O) groups excluding carboxylic acids is 1. The fourth-order valence-corrected chi connectivity index (χ4v) is 2.80. The van der Waals surface area contributed by atoms with E-state index in [1.165, 1.54) is 17.2 Å². The molecule has 1 saturated heterocycles. The Labute approximate surface area is 131 Å². The first-order chi connectivity index (χ1) is 11.1. The molecule has 1 atom stereocenters. The molecule has 3 heterocycles. The highest BCUT2D eigenvalue weighted by Crippen LogP contribution is 2.20. The Morgan fingerprint density at radius 1 is 1.26 bits per heavy atom. The lowest BCUT2D eigenvalue weighted by Gasteiger charge is -2.32. The summed E-state index contributed by atoms with van der Waals surface area (Å²) in [7, 11) is 0. The number of nitrogens with one attached hydrogen (secondary N) is 1. The molecule has 1 aliphatic heterocycles. The van der Waals surface area contributed by atoms with Gasteiger partial charge in [-0.3, -0.25) is 9.59 Å². The number of pyridine rings is 1. The number of carboxylic acids is 1. The Morgan fingerprint density at radius 2 is 2.09 bits per heavy atom. The minimum absolute atomic E-state index is 0.0616. The molecule has 1 aliphatic rings. The van der Waals surface area contributed by atoms with Crippen molar-refractivity contribution in [3.8, 4) is 11.5 Å². The van der Waals surface area contributed by atoms with Crippen LogP contribution in [0.25, 0.3) is 11.5 Å². The Hall–Kier alpha value is -2.83. The third kappa shape index (κ3) is 2.90. The summed E-state index contributed by atoms with van der Waals surface area (Å²) in [6, 6.07) is 5.50. The number of carbonyl (C=O) groups is 2. The van der Waals surface area contributed by atoms with Crippen LogP contribution < -0.4 is 5.56 Å². The first-order valence-electron chi connectivity index (χ1n) is 7.39. The zero-order chi connectivity index (χ0) is 16.4. The summed E-state index contributed by atoms with van der Waals surface area (Å²) in [5, 5.41) is 9.25. The van der Waals surface area contributed by atoms with Crippen LogP contribution in [0.3, 0.4) is 0 Å². The van der Waals surface area contributed by atoms with Crippen LogP contribution in [0.4, 0.5) is 0 Å². The van der Waals surface area contributed by atoms with E-state index in [9.17, 15) is 19.5 Å². The van der Waals surface area contributed by atoms with Gasteiger partial charge in [0.15, 0.2) is 0 Å². The van der Waals surface area contributed by atoms with Crippen LogP contribution in [0, 0.1) is 0 Å². The molecule has 3 rings (SSSR count). The lowest BCUT2D eigenvalue weighted by molar-refractivity contribution is -0.143. The van der Waals surface area contributed by atoms with Crippen LogP contribution in [-0.4, -0.2) is 39.5 Å². The average molecular weight is 316 g/mol. The van der Waals surface area contributed by atoms with Crippen molar-refractivity contribution in [2.75, 3.05) is 6.54 Å². The number of rotatable bonds is 3. The maximum Gasteiger partial charge on any atom is 0.326 e. The van der Waals surface area contributed by atoms with Gasteiger partial charge in [-0.05, 0) is 43.5 Å². The highest BCUT2D eigenvalue weighted by atomic mass is 16.4. The van der Waals surface area contributed by atoms with E-state index in [-0.39, 0.29) is 5.56 Å². The third-order valence-corrected chi connectivity index (χ3v) is 3.98. The minimum Gasteiger partial charge on any atom is -0.480 e. The number of H-pyrrole nitrogens is 1. The second-order valence-electron chi connectivity index (χ2n) is 5.44. The lowest BCUT2D eigenvalue weighted by atomic mass is 10.0. The van der Waals surface area contributed by atoms with E-state index >= 15 is 0 Å². The number of likely N-dealkylation sites (tertiary alicyclic amines) is 1. The van der Waals surface area contributed by atoms with Crippen molar-refractivity contribution in [1.82, 2.24) is 9.88 Å². The standard InChI is InChI=1S/C16H16N2O5/c19-14-10(6-7-11(17-14)13-5-3-9-23-13)15(20)18-8-2-1-4-12(18)16(21)22/h3,5-7,9,12H,1-2,4,8H2,(H,17,19)(H,21,22). The number of amides is 1. The summed E-state index contributed by atoms with van der Waals surface area (Å²) in [5.41, 5.74) is -0.156. The molecule has 1 fully saturated rings. The average Bonchev–Trinajstić information content (AvgIpc) is 3.08. The van der Waals surface area contributed by atoms with Crippen LogP contribution in [0.15, 0.2) is 39.7 Å². The van der Waals surface area contributed by atoms with E-state index in [0.717, 1.165) is 12.8 Å². The van der Waals surface area contributed by atoms with E-state index < -0.39 is 23.5 Å². The van der Waals surface area contributed by atoms with Gasteiger partial charge < -0.3 is 19.4 Å². The number of aliphatic carboxylic acids is 1. The molecule has 0 bridgehead atoms. The van der Waals surface area contributed by atoms with Crippen LogP contribution in [0.5, 0.6) is 0 Å². The van der Waals surface area contributed by atoms with Crippen LogP contribution in [-0.2, 0) is 4.79 Å². The van der Waals surface area contributed by atoms with E-state index in [1.54, 1.807) is 18.2 Å². The van der Waals surface area contributed by atoms with Crippen molar-refractivity contribution in [1.29, 1.82) is 0 Å². The Bertz CT molecular complexity index is 778. The zero-order valence-corrected chi connectivity index (χ0v) is 12.3. The molecule has 0 saturated carbocycles. The van der Waals surface area contributed by atoms with Crippen LogP contribution >= 0.6 is 0 Å². The third-order valence-electron chi connectivity index (χ3n) is 3.98. The van der Waals surface area contributed by atoms with E-state index in [4.69, 9.17) is 4.42 Å². The number of aromatic nitrogens is 1. The predicted octanol–water partition coefficient (Wildman–Crippen LogP) is 1.71. The zero-order valence-electron chi connectivity index (χ0n) is 12.3. The minimum atomic E-state index is -1.04. The monoisotopic (exact) mass is 316 g/mol. The van der Waals surface area contributed by atoms with Gasteiger partial charge >= 0.3 is 5.97 Å². The molecule has 1 amide bonds. The number of aromatic amines is 1. The smallest absolute Gasteiger partial charge is 0.326 e. The highest BCUT2D eigenvalue weighted by molar-refractivity contribution is 5.96. The topological polar surface area (TPSA) is 104 Å². The fraction of sp³-hybridized carbons (Fsp3) is 0.312. The van der Waals surface area contributed by atoms with Gasteiger partial charge in [0, 0.05) is 6.54 Å². The second-order valence-corrected chi connectivity index (χ2v) is 5.44. The molecule has 7 nitrogen and oxygen atoms in total. The summed E-state index contributed by atoms with van der Waals surface area (Å²) in [4.78, 5) is 39.9. The highest BCUT2D eigenvalue weighted by Gasteiger charge is 2.33. The molecule has 0 radical (unpaired) electrons. The van der Waals surface area contributed by atoms with Crippen molar-refractivity contribution in [3.63, 3.8) is 0 Å². The first kappa shape index (κ1) is 15.1. The number of piperidine rings is 1. The molecule has 2 aromatic heterocycles. The van der Waals surface area contributed by atoms with E-state index in [0.29, 0.717) is 24.4 Å². The Balaban J connectivity index is 1.90. The molecule has 7 heteroatoms. The van der Waals surface area contributed by atoms with Crippen LogP contribution in [0.1, 0.15) is 29.6 Å². The maximum absolute atomic E-state index is 12.6. The quantitative estimate of drug-likeness (QED) is 0.897. The molecule has 23 heavy (non-hydrogen) atoms. The van der Waals surface area contributed by atoms with Crippen molar-refractivity contribution in [3.05, 3.63) is 46.4 Å². The molecule has 120 valence electrons. The van der Waals surface area contributed by atoms with Crippen molar-refractivity contribution in [2.24, 2.45) is 0 Å². The van der Waals surface area contributed by atoms with Gasteiger partial charge in [-0.2, -0.15) is 0 Å². The van der Waals surface area contributed by atoms with E-state index in [1.807, 2.05) is 0 Å². The van der Waals surface area contributed by atoms with Crippen molar-refractivity contribution in [2.45, 2.75) is 25.3 Å². The van der Waals surface area contributed by atoms with Gasteiger partial charge in [0.1, 0.15) is 17.4 Å². The predicted molar refractivity (Wildman–Crippen MR) is 81.1 cm³/mol. The maximum atomic E-state index is 12.6. The van der Waals surface area contributed by atoms with Gasteiger partial charge in [-0.1, -0.05) is 0 Å². The summed E-state index contributed by atoms with van der Waals surface area (Å²) in [6.45, 7) is 0.342. The fourth-order valence-electron chi connectivity index (χ4n) is 2.80. The molecule has 0 spiro atoms. The molecule has 2 N–H and O–H groups in total. The normalized spacial score (nSPS) is 17.9. The summed E-state index contributed by atoms with van der Waals surface area (Å²) in [6.07, 6.45) is 3.38. The molecule has 2 aromatic rings. The first-order valence-corrected chi connectivity index (χ1v) is 7.39. The van der Waals surface area contributed by atoms with Gasteiger partial charge in [0.2, 0.25) is 0 Å². The molecule has 1 unspecified atom stereocenters. The molecule has 0 aliphatic carbocycles.